The van der Waals surface area contributed by atoms with E-state index >= 15 is 0 Å². The number of nitrogens with zero attached hydrogens (tertiary/aromatic N) is 4. The van der Waals surface area contributed by atoms with Gasteiger partial charge in [0.1, 0.15) is 17.5 Å². The van der Waals surface area contributed by atoms with Crippen molar-refractivity contribution in [2.75, 3.05) is 16.0 Å². The summed E-state index contributed by atoms with van der Waals surface area (Å²) in [6.07, 6.45) is 4.72. The van der Waals surface area contributed by atoms with Gasteiger partial charge >= 0.3 is 0 Å². The Bertz CT molecular complexity index is 1490. The van der Waals surface area contributed by atoms with Crippen molar-refractivity contribution >= 4 is 33.4 Å². The van der Waals surface area contributed by atoms with Gasteiger partial charge in [-0.15, -0.1) is 0 Å². The number of nitrogen functional groups attached to an aromatic ring is 1. The largest absolute Gasteiger partial charge is 0.384 e. The van der Waals surface area contributed by atoms with Crippen LogP contribution < -0.4 is 32.1 Å². The summed E-state index contributed by atoms with van der Waals surface area (Å²) in [5.41, 5.74) is 18.2. The Labute approximate surface area is 239 Å². The van der Waals surface area contributed by atoms with E-state index in [2.05, 4.69) is 33.9 Å². The number of aromatic nitrogens is 3. The molecule has 0 bridgehead atoms. The molecule has 3 aromatic heterocycles. The van der Waals surface area contributed by atoms with Crippen LogP contribution in [0.25, 0.3) is 11.3 Å². The summed E-state index contributed by atoms with van der Waals surface area (Å²) in [4.78, 5) is 28.3. The minimum absolute atomic E-state index is 0. The van der Waals surface area contributed by atoms with E-state index in [0.29, 0.717) is 30.1 Å². The van der Waals surface area contributed by atoms with Crippen LogP contribution in [0.2, 0.25) is 0 Å². The highest BCUT2D eigenvalue weighted by molar-refractivity contribution is 7.90. The number of carbonyl (C=O) groups is 1. The minimum atomic E-state index is -4.33. The van der Waals surface area contributed by atoms with Crippen molar-refractivity contribution in [1.29, 1.82) is 0 Å². The molecule has 0 aromatic carbocycles. The van der Waals surface area contributed by atoms with Gasteiger partial charge in [0.15, 0.2) is 5.03 Å². The van der Waals surface area contributed by atoms with E-state index in [9.17, 15) is 13.2 Å². The number of carbonyl (C=O) groups excluding carboxylic acids is 1. The summed E-state index contributed by atoms with van der Waals surface area (Å²) in [6.45, 7) is 7.83. The van der Waals surface area contributed by atoms with Crippen molar-refractivity contribution in [3.63, 3.8) is 0 Å². The smallest absolute Gasteiger partial charge is 0.281 e. The summed E-state index contributed by atoms with van der Waals surface area (Å²) in [7, 11) is -4.33. The first-order chi connectivity index (χ1) is 18.8. The molecule has 4 heterocycles. The second-order valence-corrected chi connectivity index (χ2v) is 12.2. The van der Waals surface area contributed by atoms with Gasteiger partial charge in [-0.05, 0) is 75.9 Å². The van der Waals surface area contributed by atoms with Crippen molar-refractivity contribution in [2.24, 2.45) is 11.5 Å². The molecule has 12 nitrogen and oxygen atoms in total. The van der Waals surface area contributed by atoms with E-state index in [1.165, 1.54) is 24.3 Å². The first kappa shape index (κ1) is 29.2. The maximum absolute atomic E-state index is 13.5. The molecule has 1 aliphatic heterocycles. The number of pyridine rings is 3. The molecule has 3 aromatic rings. The third kappa shape index (κ3) is 6.01. The first-order valence-corrected chi connectivity index (χ1v) is 14.7. The highest BCUT2D eigenvalue weighted by Crippen LogP contribution is 2.40. The Morgan fingerprint density at radius 2 is 1.73 bits per heavy atom. The van der Waals surface area contributed by atoms with E-state index < -0.39 is 27.3 Å². The quantitative estimate of drug-likeness (QED) is 0.251. The molecule has 0 unspecified atom stereocenters. The number of nitrogens with two attached hydrogens (primary N) is 3. The lowest BCUT2D eigenvalue weighted by molar-refractivity contribution is 0.0981. The predicted molar refractivity (Wildman–Crippen MR) is 162 cm³/mol. The lowest BCUT2D eigenvalue weighted by Crippen LogP contribution is -2.61. The average molecular weight is 574 g/mol. The average Bonchev–Trinajstić information content (AvgIpc) is 3.13. The van der Waals surface area contributed by atoms with Crippen molar-refractivity contribution in [3.05, 3.63) is 54.2 Å². The topological polar surface area (TPSA) is 195 Å². The number of nitrogens with one attached hydrogen (secondary N) is 2. The number of amides is 1. The third-order valence-electron chi connectivity index (χ3n) is 7.13. The Hall–Kier alpha value is -3.81. The maximum atomic E-state index is 13.5. The van der Waals surface area contributed by atoms with Crippen LogP contribution in [0.15, 0.2) is 53.7 Å². The predicted octanol–water partition coefficient (Wildman–Crippen LogP) is 3.53. The zero-order chi connectivity index (χ0) is 29.3. The molecule has 0 aliphatic carbocycles. The van der Waals surface area contributed by atoms with Gasteiger partial charge in [-0.3, -0.25) is 4.79 Å². The monoisotopic (exact) mass is 573 g/mol. The zero-order valence-electron chi connectivity index (χ0n) is 23.2. The molecule has 0 radical (unpaired) electrons. The normalized spacial score (nSPS) is 21.0. The Balaban J connectivity index is 0.00000308. The van der Waals surface area contributed by atoms with Crippen LogP contribution in [0, 0.1) is 0 Å². The molecular weight excluding hydrogens is 530 g/mol. The number of rotatable bonds is 9. The number of sulfonamides is 1. The fourth-order valence-electron chi connectivity index (χ4n) is 4.90. The summed E-state index contributed by atoms with van der Waals surface area (Å²) < 4.78 is 28.0. The Morgan fingerprint density at radius 3 is 2.30 bits per heavy atom. The summed E-state index contributed by atoms with van der Waals surface area (Å²) in [5, 5.41) is 3.02. The van der Waals surface area contributed by atoms with Crippen LogP contribution in [-0.2, 0) is 10.0 Å². The van der Waals surface area contributed by atoms with Crippen LogP contribution in [0.5, 0.6) is 0 Å². The van der Waals surface area contributed by atoms with E-state index in [0.717, 1.165) is 18.7 Å². The van der Waals surface area contributed by atoms with Gasteiger partial charge in [0.2, 0.25) is 0 Å². The van der Waals surface area contributed by atoms with Crippen molar-refractivity contribution in [2.45, 2.75) is 75.8 Å². The zero-order valence-corrected chi connectivity index (χ0v) is 24.0. The number of hydrogen-bond acceptors (Lipinski definition) is 11. The lowest BCUT2D eigenvalue weighted by atomic mass is 10.1. The standard InChI is InChI=1S/C27H37N9O3S.3H2/c1-5-18(6-2)32-22-13-10-17(16-31-22)20-12-11-19(24(33-20)36-26(3,29)14-15-27(36,4)30)25(37)35-40(38,39)23-9-7-8-21(28)34-23;;;/h7-13,16,18H,5-6,14-15,29-30H2,1-4H3,(H2,28,34)(H,31,32)(H,35,37);3*1H/t26-,27+;;;. The second kappa shape index (κ2) is 11.0. The molecule has 220 valence electrons. The Kier molecular flexibility index (Phi) is 8.01. The number of anilines is 3. The molecule has 1 aliphatic rings. The van der Waals surface area contributed by atoms with Gasteiger partial charge in [0.25, 0.3) is 15.9 Å². The van der Waals surface area contributed by atoms with E-state index in [1.807, 2.05) is 12.1 Å². The van der Waals surface area contributed by atoms with Crippen LogP contribution in [0.1, 0.15) is 68.0 Å². The Morgan fingerprint density at radius 1 is 1.05 bits per heavy atom. The molecular formula is C27H43N9O3S. The van der Waals surface area contributed by atoms with Gasteiger partial charge in [0.05, 0.1) is 22.6 Å². The van der Waals surface area contributed by atoms with E-state index in [1.54, 1.807) is 31.0 Å². The van der Waals surface area contributed by atoms with Gasteiger partial charge in [0, 0.05) is 22.1 Å². The van der Waals surface area contributed by atoms with Crippen LogP contribution in [0.3, 0.4) is 0 Å². The van der Waals surface area contributed by atoms with Crippen LogP contribution >= 0.6 is 0 Å². The fraction of sp³-hybridized carbons (Fsp3) is 0.407. The second-order valence-electron chi connectivity index (χ2n) is 10.5. The van der Waals surface area contributed by atoms with Crippen molar-refractivity contribution < 1.29 is 17.5 Å². The molecule has 0 spiro atoms. The summed E-state index contributed by atoms with van der Waals surface area (Å²) in [5.74, 6) is 0.0152. The molecule has 40 heavy (non-hydrogen) atoms. The summed E-state index contributed by atoms with van der Waals surface area (Å²) >= 11 is 0. The van der Waals surface area contributed by atoms with Gasteiger partial charge in [-0.1, -0.05) is 19.9 Å². The van der Waals surface area contributed by atoms with Gasteiger partial charge < -0.3 is 27.4 Å². The lowest BCUT2D eigenvalue weighted by Gasteiger charge is -2.41. The van der Waals surface area contributed by atoms with E-state index in [4.69, 9.17) is 22.2 Å². The van der Waals surface area contributed by atoms with Gasteiger partial charge in [-0.25, -0.2) is 19.7 Å². The van der Waals surface area contributed by atoms with Crippen LogP contribution in [-0.4, -0.2) is 46.6 Å². The summed E-state index contributed by atoms with van der Waals surface area (Å²) in [6, 6.07) is 11.3. The molecule has 0 saturated carbocycles. The highest BCUT2D eigenvalue weighted by Gasteiger charge is 2.48. The molecule has 1 fully saturated rings. The molecule has 1 amide bonds. The molecule has 8 N–H and O–H groups in total. The number of hydrogen-bond donors (Lipinski definition) is 5. The van der Waals surface area contributed by atoms with Crippen molar-refractivity contribution in [1.82, 2.24) is 19.7 Å². The molecule has 1 saturated heterocycles. The highest BCUT2D eigenvalue weighted by atomic mass is 32.2. The fourth-order valence-corrected chi connectivity index (χ4v) is 5.84. The SMILES string of the molecule is CCC(CC)Nc1ccc(-c2ccc(C(=O)NS(=O)(=O)c3cccc(N)n3)c(N3[C@@](C)(N)CC[C@@]3(C)N)n2)cn1.[HH].[HH].[HH]. The van der Waals surface area contributed by atoms with Crippen LogP contribution in [0.4, 0.5) is 17.5 Å². The minimum Gasteiger partial charge on any atom is -0.384 e. The molecule has 13 heteroatoms. The van der Waals surface area contributed by atoms with Gasteiger partial charge in [-0.2, -0.15) is 8.42 Å². The third-order valence-corrected chi connectivity index (χ3v) is 8.37. The van der Waals surface area contributed by atoms with Crippen molar-refractivity contribution in [3.8, 4) is 11.3 Å². The van der Waals surface area contributed by atoms with E-state index in [-0.39, 0.29) is 26.5 Å². The maximum Gasteiger partial charge on any atom is 0.281 e. The first-order valence-electron chi connectivity index (χ1n) is 13.2. The molecule has 4 rings (SSSR count). The molecule has 2 atom stereocenters.